The summed E-state index contributed by atoms with van der Waals surface area (Å²) >= 11 is 0. The number of ether oxygens (including phenoxy) is 1. The number of amides is 1. The van der Waals surface area contributed by atoms with Crippen LogP contribution in [0.2, 0.25) is 0 Å². The fourth-order valence-electron chi connectivity index (χ4n) is 2.53. The maximum atomic E-state index is 12.3. The van der Waals surface area contributed by atoms with E-state index in [1.807, 2.05) is 25.1 Å². The molecule has 0 aliphatic carbocycles. The van der Waals surface area contributed by atoms with Crippen LogP contribution in [-0.2, 0) is 4.79 Å². The van der Waals surface area contributed by atoms with Crippen molar-refractivity contribution in [2.75, 3.05) is 19.0 Å². The molecule has 104 valence electrons. The Hall–Kier alpha value is -1.55. The SMILES string of the molecule is COc1ccc(NC(=O)C2CCCNC2C)c(C)c1. The van der Waals surface area contributed by atoms with Crippen molar-refractivity contribution in [1.29, 1.82) is 0 Å². The molecule has 1 aliphatic rings. The van der Waals surface area contributed by atoms with Gasteiger partial charge in [0.1, 0.15) is 5.75 Å². The lowest BCUT2D eigenvalue weighted by molar-refractivity contribution is -0.121. The van der Waals surface area contributed by atoms with E-state index in [1.54, 1.807) is 7.11 Å². The Morgan fingerprint density at radius 1 is 1.47 bits per heavy atom. The third kappa shape index (κ3) is 3.26. The molecule has 2 rings (SSSR count). The largest absolute Gasteiger partial charge is 0.497 e. The molecule has 2 N–H and O–H groups in total. The van der Waals surface area contributed by atoms with Crippen LogP contribution < -0.4 is 15.4 Å². The predicted molar refractivity (Wildman–Crippen MR) is 76.5 cm³/mol. The Morgan fingerprint density at radius 3 is 2.89 bits per heavy atom. The molecule has 1 saturated heterocycles. The zero-order valence-electron chi connectivity index (χ0n) is 11.8. The van der Waals surface area contributed by atoms with Crippen LogP contribution in [0.4, 0.5) is 5.69 Å². The number of carbonyl (C=O) groups excluding carboxylic acids is 1. The van der Waals surface area contributed by atoms with Gasteiger partial charge in [-0.25, -0.2) is 0 Å². The van der Waals surface area contributed by atoms with Crippen molar-refractivity contribution in [3.8, 4) is 5.75 Å². The highest BCUT2D eigenvalue weighted by molar-refractivity contribution is 5.93. The molecule has 0 radical (unpaired) electrons. The van der Waals surface area contributed by atoms with Gasteiger partial charge in [0.05, 0.1) is 13.0 Å². The van der Waals surface area contributed by atoms with Gasteiger partial charge in [-0.05, 0) is 57.0 Å². The summed E-state index contributed by atoms with van der Waals surface area (Å²) in [7, 11) is 1.64. The fraction of sp³-hybridized carbons (Fsp3) is 0.533. The molecule has 1 aliphatic heterocycles. The second-order valence-corrected chi connectivity index (χ2v) is 5.16. The average Bonchev–Trinajstić information content (AvgIpc) is 2.41. The highest BCUT2D eigenvalue weighted by atomic mass is 16.5. The Bertz CT molecular complexity index is 459. The second-order valence-electron chi connectivity index (χ2n) is 5.16. The summed E-state index contributed by atoms with van der Waals surface area (Å²) in [5.41, 5.74) is 1.88. The fourth-order valence-corrected chi connectivity index (χ4v) is 2.53. The summed E-state index contributed by atoms with van der Waals surface area (Å²) in [6.07, 6.45) is 2.01. The highest BCUT2D eigenvalue weighted by Gasteiger charge is 2.27. The molecule has 19 heavy (non-hydrogen) atoms. The smallest absolute Gasteiger partial charge is 0.229 e. The molecule has 1 aromatic rings. The van der Waals surface area contributed by atoms with Crippen molar-refractivity contribution in [2.45, 2.75) is 32.7 Å². The standard InChI is InChI=1S/C15H22N2O2/c1-10-9-12(19-3)6-7-14(10)17-15(18)13-5-4-8-16-11(13)2/h6-7,9,11,13,16H,4-5,8H2,1-3H3,(H,17,18). The van der Waals surface area contributed by atoms with Gasteiger partial charge in [0.2, 0.25) is 5.91 Å². The van der Waals surface area contributed by atoms with Crippen molar-refractivity contribution >= 4 is 11.6 Å². The first-order chi connectivity index (χ1) is 9.11. The average molecular weight is 262 g/mol. The van der Waals surface area contributed by atoms with E-state index < -0.39 is 0 Å². The summed E-state index contributed by atoms with van der Waals surface area (Å²) in [4.78, 5) is 12.3. The Morgan fingerprint density at radius 2 is 2.26 bits per heavy atom. The van der Waals surface area contributed by atoms with Gasteiger partial charge < -0.3 is 15.4 Å². The van der Waals surface area contributed by atoms with E-state index in [0.29, 0.717) is 0 Å². The van der Waals surface area contributed by atoms with E-state index in [-0.39, 0.29) is 17.9 Å². The van der Waals surface area contributed by atoms with Gasteiger partial charge in [0.25, 0.3) is 0 Å². The number of benzene rings is 1. The highest BCUT2D eigenvalue weighted by Crippen LogP contribution is 2.23. The number of hydrogen-bond donors (Lipinski definition) is 2. The van der Waals surface area contributed by atoms with Gasteiger partial charge in [-0.15, -0.1) is 0 Å². The lowest BCUT2D eigenvalue weighted by Crippen LogP contribution is -2.44. The van der Waals surface area contributed by atoms with Crippen LogP contribution in [0.15, 0.2) is 18.2 Å². The maximum absolute atomic E-state index is 12.3. The molecule has 0 bridgehead atoms. The molecule has 0 spiro atoms. The van der Waals surface area contributed by atoms with Crippen LogP contribution in [-0.4, -0.2) is 25.6 Å². The monoisotopic (exact) mass is 262 g/mol. The van der Waals surface area contributed by atoms with Crippen molar-refractivity contribution < 1.29 is 9.53 Å². The molecule has 1 fully saturated rings. The lowest BCUT2D eigenvalue weighted by Gasteiger charge is -2.29. The summed E-state index contributed by atoms with van der Waals surface area (Å²) in [6.45, 7) is 5.05. The van der Waals surface area contributed by atoms with Gasteiger partial charge in [-0.1, -0.05) is 0 Å². The minimum Gasteiger partial charge on any atom is -0.497 e. The first-order valence-electron chi connectivity index (χ1n) is 6.80. The van der Waals surface area contributed by atoms with E-state index >= 15 is 0 Å². The van der Waals surface area contributed by atoms with Crippen molar-refractivity contribution in [3.05, 3.63) is 23.8 Å². The van der Waals surface area contributed by atoms with Gasteiger partial charge in [0, 0.05) is 11.7 Å². The summed E-state index contributed by atoms with van der Waals surface area (Å²) in [5.74, 6) is 0.964. The third-order valence-electron chi connectivity index (χ3n) is 3.79. The zero-order chi connectivity index (χ0) is 13.8. The molecule has 0 aromatic heterocycles. The minimum atomic E-state index is 0.0512. The lowest BCUT2D eigenvalue weighted by atomic mass is 9.91. The molecule has 0 saturated carbocycles. The van der Waals surface area contributed by atoms with Gasteiger partial charge >= 0.3 is 0 Å². The Balaban J connectivity index is 2.06. The van der Waals surface area contributed by atoms with Crippen molar-refractivity contribution in [3.63, 3.8) is 0 Å². The van der Waals surface area contributed by atoms with Crippen LogP contribution in [0.5, 0.6) is 5.75 Å². The first-order valence-corrected chi connectivity index (χ1v) is 6.80. The first kappa shape index (κ1) is 13.9. The normalized spacial score (nSPS) is 22.9. The number of anilines is 1. The second kappa shape index (κ2) is 6.06. The molecule has 1 heterocycles. The summed E-state index contributed by atoms with van der Waals surface area (Å²) in [5, 5.41) is 6.38. The van der Waals surface area contributed by atoms with Gasteiger partial charge in [-0.2, -0.15) is 0 Å². The minimum absolute atomic E-state index is 0.0512. The topological polar surface area (TPSA) is 50.4 Å². The van der Waals surface area contributed by atoms with E-state index in [4.69, 9.17) is 4.74 Å². The van der Waals surface area contributed by atoms with E-state index in [9.17, 15) is 4.79 Å². The number of aryl methyl sites for hydroxylation is 1. The van der Waals surface area contributed by atoms with Crippen molar-refractivity contribution in [2.24, 2.45) is 5.92 Å². The molecular weight excluding hydrogens is 240 g/mol. The number of rotatable bonds is 3. The van der Waals surface area contributed by atoms with Crippen LogP contribution in [0.25, 0.3) is 0 Å². The quantitative estimate of drug-likeness (QED) is 0.879. The van der Waals surface area contributed by atoms with Crippen molar-refractivity contribution in [1.82, 2.24) is 5.32 Å². The number of methoxy groups -OCH3 is 1. The molecule has 1 amide bonds. The number of carbonyl (C=O) groups is 1. The number of hydrogen-bond acceptors (Lipinski definition) is 3. The molecular formula is C15H22N2O2. The summed E-state index contributed by atoms with van der Waals surface area (Å²) in [6, 6.07) is 5.93. The number of piperidine rings is 1. The zero-order valence-corrected chi connectivity index (χ0v) is 11.8. The van der Waals surface area contributed by atoms with E-state index in [2.05, 4.69) is 17.6 Å². The molecule has 2 atom stereocenters. The van der Waals surface area contributed by atoms with Crippen LogP contribution in [0, 0.1) is 12.8 Å². The van der Waals surface area contributed by atoms with Gasteiger partial charge in [-0.3, -0.25) is 4.79 Å². The molecule has 1 aromatic carbocycles. The van der Waals surface area contributed by atoms with Crippen LogP contribution in [0.1, 0.15) is 25.3 Å². The Labute approximate surface area is 114 Å². The third-order valence-corrected chi connectivity index (χ3v) is 3.79. The molecule has 2 unspecified atom stereocenters. The maximum Gasteiger partial charge on any atom is 0.229 e. The van der Waals surface area contributed by atoms with Crippen LogP contribution >= 0.6 is 0 Å². The predicted octanol–water partition coefficient (Wildman–Crippen LogP) is 2.33. The van der Waals surface area contributed by atoms with E-state index in [1.165, 1.54) is 0 Å². The Kier molecular flexibility index (Phi) is 4.43. The van der Waals surface area contributed by atoms with E-state index in [0.717, 1.165) is 36.4 Å². The number of nitrogens with one attached hydrogen (secondary N) is 2. The van der Waals surface area contributed by atoms with Crippen LogP contribution in [0.3, 0.4) is 0 Å². The molecule has 4 heteroatoms. The molecule has 4 nitrogen and oxygen atoms in total. The summed E-state index contributed by atoms with van der Waals surface area (Å²) < 4.78 is 5.17. The van der Waals surface area contributed by atoms with Gasteiger partial charge in [0.15, 0.2) is 0 Å².